The van der Waals surface area contributed by atoms with E-state index in [2.05, 4.69) is 5.32 Å². The maximum Gasteiger partial charge on any atom is 0.405 e. The first-order valence-electron chi connectivity index (χ1n) is 9.23. The van der Waals surface area contributed by atoms with Crippen molar-refractivity contribution in [1.29, 1.82) is 0 Å². The van der Waals surface area contributed by atoms with Crippen LogP contribution in [-0.2, 0) is 4.79 Å². The van der Waals surface area contributed by atoms with Gasteiger partial charge < -0.3 is 15.5 Å². The molecule has 5 nitrogen and oxygen atoms in total. The number of carbonyl (C=O) groups excluding carboxylic acids is 2. The van der Waals surface area contributed by atoms with Gasteiger partial charge in [-0.15, -0.1) is 0 Å². The van der Waals surface area contributed by atoms with Gasteiger partial charge in [0, 0.05) is 24.3 Å². The van der Waals surface area contributed by atoms with Crippen molar-refractivity contribution in [2.24, 2.45) is 0 Å². The summed E-state index contributed by atoms with van der Waals surface area (Å²) in [5.74, 6) is -0.811. The maximum atomic E-state index is 12.4. The Morgan fingerprint density at radius 3 is 2.33 bits per heavy atom. The highest BCUT2D eigenvalue weighted by Crippen LogP contribution is 2.18. The normalized spacial score (nSPS) is 15.6. The molecule has 0 atom stereocenters. The zero-order valence-corrected chi connectivity index (χ0v) is 15.5. The van der Waals surface area contributed by atoms with E-state index < -0.39 is 18.6 Å². The van der Waals surface area contributed by atoms with Crippen LogP contribution in [0.3, 0.4) is 0 Å². The second-order valence-corrected chi connectivity index (χ2v) is 6.83. The van der Waals surface area contributed by atoms with Crippen LogP contribution in [-0.4, -0.2) is 49.1 Å². The molecule has 1 aromatic rings. The number of halogens is 3. The molecule has 1 aliphatic rings. The summed E-state index contributed by atoms with van der Waals surface area (Å²) >= 11 is 0. The van der Waals surface area contributed by atoms with Gasteiger partial charge in [-0.1, -0.05) is 25.3 Å². The van der Waals surface area contributed by atoms with Crippen LogP contribution in [0, 0.1) is 6.92 Å². The van der Waals surface area contributed by atoms with Gasteiger partial charge in [0.2, 0.25) is 5.91 Å². The van der Waals surface area contributed by atoms with Gasteiger partial charge in [-0.25, -0.2) is 0 Å². The van der Waals surface area contributed by atoms with Crippen LogP contribution in [0.25, 0.3) is 0 Å². The van der Waals surface area contributed by atoms with Gasteiger partial charge in [-0.3, -0.25) is 9.59 Å². The van der Waals surface area contributed by atoms with Gasteiger partial charge in [-0.2, -0.15) is 13.2 Å². The van der Waals surface area contributed by atoms with E-state index in [4.69, 9.17) is 0 Å². The summed E-state index contributed by atoms with van der Waals surface area (Å²) in [4.78, 5) is 26.2. The van der Waals surface area contributed by atoms with Crippen molar-refractivity contribution < 1.29 is 22.8 Å². The Morgan fingerprint density at radius 2 is 1.70 bits per heavy atom. The van der Waals surface area contributed by atoms with Gasteiger partial charge in [0.25, 0.3) is 5.91 Å². The Kier molecular flexibility index (Phi) is 7.50. The first kappa shape index (κ1) is 21.1. The number of hydrogen-bond acceptors (Lipinski definition) is 3. The first-order chi connectivity index (χ1) is 12.8. The number of alkyl halides is 3. The summed E-state index contributed by atoms with van der Waals surface area (Å²) in [6.45, 7) is 2.02. The van der Waals surface area contributed by atoms with Gasteiger partial charge in [0.05, 0.1) is 6.54 Å². The number of amides is 2. The highest BCUT2D eigenvalue weighted by atomic mass is 19.4. The molecule has 0 aromatic heterocycles. The number of anilines is 1. The van der Waals surface area contributed by atoms with Gasteiger partial charge in [0.1, 0.15) is 6.54 Å². The van der Waals surface area contributed by atoms with Crippen LogP contribution < -0.4 is 10.6 Å². The molecule has 1 fully saturated rings. The molecular formula is C19H26F3N3O2. The quantitative estimate of drug-likeness (QED) is 0.816. The van der Waals surface area contributed by atoms with Gasteiger partial charge in [-0.05, 0) is 37.5 Å². The van der Waals surface area contributed by atoms with E-state index in [1.54, 1.807) is 13.0 Å². The minimum Gasteiger partial charge on any atom is -0.376 e. The minimum atomic E-state index is -4.46. The van der Waals surface area contributed by atoms with Crippen molar-refractivity contribution in [1.82, 2.24) is 10.2 Å². The standard InChI is InChI=1S/C19H26F3N3O2/c1-14-7-8-15(18(27)24-13-19(20,21)22)11-16(14)23-12-17(26)25-9-5-3-2-4-6-10-25/h7-8,11,23H,2-6,9-10,12-13H2,1H3,(H,24,27). The topological polar surface area (TPSA) is 61.4 Å². The summed E-state index contributed by atoms with van der Waals surface area (Å²) in [5.41, 5.74) is 1.49. The summed E-state index contributed by atoms with van der Waals surface area (Å²) in [6, 6.07) is 4.58. The fraction of sp³-hybridized carbons (Fsp3) is 0.579. The molecule has 2 amide bonds. The Hall–Kier alpha value is -2.25. The molecule has 0 unspecified atom stereocenters. The molecule has 1 heterocycles. The number of rotatable bonds is 5. The van der Waals surface area contributed by atoms with Crippen molar-refractivity contribution in [3.8, 4) is 0 Å². The molecule has 0 bridgehead atoms. The van der Waals surface area contributed by atoms with E-state index in [9.17, 15) is 22.8 Å². The lowest BCUT2D eigenvalue weighted by molar-refractivity contribution is -0.129. The molecule has 150 valence electrons. The zero-order valence-electron chi connectivity index (χ0n) is 15.5. The molecule has 1 aliphatic heterocycles. The van der Waals surface area contributed by atoms with E-state index in [1.165, 1.54) is 18.6 Å². The number of aryl methyl sites for hydroxylation is 1. The van der Waals surface area contributed by atoms with E-state index in [0.717, 1.165) is 44.3 Å². The number of nitrogens with one attached hydrogen (secondary N) is 2. The van der Waals surface area contributed by atoms with Crippen molar-refractivity contribution in [3.05, 3.63) is 29.3 Å². The maximum absolute atomic E-state index is 12.4. The number of hydrogen-bond donors (Lipinski definition) is 2. The zero-order chi connectivity index (χ0) is 19.9. The molecular weight excluding hydrogens is 359 g/mol. The summed E-state index contributed by atoms with van der Waals surface area (Å²) in [7, 11) is 0. The average molecular weight is 385 g/mol. The van der Waals surface area contributed by atoms with Crippen LogP contribution in [0.2, 0.25) is 0 Å². The smallest absolute Gasteiger partial charge is 0.376 e. The molecule has 2 N–H and O–H groups in total. The predicted octanol–water partition coefficient (Wildman–Crippen LogP) is 3.49. The highest BCUT2D eigenvalue weighted by molar-refractivity contribution is 5.95. The van der Waals surface area contributed by atoms with Crippen LogP contribution in [0.4, 0.5) is 18.9 Å². The van der Waals surface area contributed by atoms with Crippen molar-refractivity contribution in [2.75, 3.05) is 31.5 Å². The first-order valence-corrected chi connectivity index (χ1v) is 9.23. The molecule has 1 aromatic carbocycles. The Balaban J connectivity index is 1.95. The fourth-order valence-electron chi connectivity index (χ4n) is 3.02. The summed E-state index contributed by atoms with van der Waals surface area (Å²) < 4.78 is 36.7. The van der Waals surface area contributed by atoms with Crippen molar-refractivity contribution in [3.63, 3.8) is 0 Å². The van der Waals surface area contributed by atoms with Crippen LogP contribution >= 0.6 is 0 Å². The van der Waals surface area contributed by atoms with Crippen molar-refractivity contribution in [2.45, 2.75) is 45.2 Å². The molecule has 0 saturated carbocycles. The Morgan fingerprint density at radius 1 is 1.07 bits per heavy atom. The average Bonchev–Trinajstić information content (AvgIpc) is 2.57. The number of likely N-dealkylation sites (tertiary alicyclic amines) is 1. The Labute approximate surface area is 157 Å². The van der Waals surface area contributed by atoms with Gasteiger partial charge >= 0.3 is 6.18 Å². The summed E-state index contributed by atoms with van der Waals surface area (Å²) in [5, 5.41) is 4.87. The third-order valence-corrected chi connectivity index (χ3v) is 4.59. The lowest BCUT2D eigenvalue weighted by Gasteiger charge is -2.25. The number of nitrogens with zero attached hydrogens (tertiary/aromatic N) is 1. The van der Waals surface area contributed by atoms with E-state index in [1.807, 2.05) is 10.2 Å². The molecule has 0 spiro atoms. The third-order valence-electron chi connectivity index (χ3n) is 4.59. The minimum absolute atomic E-state index is 0.0109. The number of benzene rings is 1. The monoisotopic (exact) mass is 385 g/mol. The molecule has 1 saturated heterocycles. The van der Waals surface area contributed by atoms with Crippen molar-refractivity contribution >= 4 is 17.5 Å². The second kappa shape index (κ2) is 9.62. The lowest BCUT2D eigenvalue weighted by atomic mass is 10.1. The van der Waals surface area contributed by atoms with Crippen LogP contribution in [0.15, 0.2) is 18.2 Å². The third kappa shape index (κ3) is 7.11. The fourth-order valence-corrected chi connectivity index (χ4v) is 3.02. The van der Waals surface area contributed by atoms with Gasteiger partial charge in [0.15, 0.2) is 0 Å². The highest BCUT2D eigenvalue weighted by Gasteiger charge is 2.28. The molecule has 27 heavy (non-hydrogen) atoms. The molecule has 0 radical (unpaired) electrons. The van der Waals surface area contributed by atoms with E-state index in [0.29, 0.717) is 5.69 Å². The molecule has 0 aliphatic carbocycles. The van der Waals surface area contributed by atoms with Crippen LogP contribution in [0.5, 0.6) is 0 Å². The largest absolute Gasteiger partial charge is 0.405 e. The predicted molar refractivity (Wildman–Crippen MR) is 97.7 cm³/mol. The SMILES string of the molecule is Cc1ccc(C(=O)NCC(F)(F)F)cc1NCC(=O)N1CCCCCCC1. The molecule has 2 rings (SSSR count). The molecule has 8 heteroatoms. The summed E-state index contributed by atoms with van der Waals surface area (Å²) in [6.07, 6.45) is 1.01. The van der Waals surface area contributed by atoms with E-state index in [-0.39, 0.29) is 18.0 Å². The number of carbonyl (C=O) groups is 2. The lowest BCUT2D eigenvalue weighted by Crippen LogP contribution is -2.37. The second-order valence-electron chi connectivity index (χ2n) is 6.83. The van der Waals surface area contributed by atoms with Crippen LogP contribution in [0.1, 0.15) is 48.0 Å². The Bertz CT molecular complexity index is 654. The van der Waals surface area contributed by atoms with E-state index >= 15 is 0 Å².